The second-order valence-corrected chi connectivity index (χ2v) is 5.30. The van der Waals surface area contributed by atoms with Crippen LogP contribution >= 0.6 is 0 Å². The summed E-state index contributed by atoms with van der Waals surface area (Å²) in [7, 11) is 0. The van der Waals surface area contributed by atoms with Crippen molar-refractivity contribution in [2.75, 3.05) is 11.5 Å². The van der Waals surface area contributed by atoms with Crippen LogP contribution in [0.25, 0.3) is 22.3 Å². The first-order chi connectivity index (χ1) is 10.1. The molecular weight excluding hydrogens is 256 g/mol. The van der Waals surface area contributed by atoms with Gasteiger partial charge in [0, 0.05) is 11.4 Å². The molecule has 3 aromatic rings. The lowest BCUT2D eigenvalue weighted by Gasteiger charge is -2.12. The molecule has 2 heteroatoms. The van der Waals surface area contributed by atoms with Gasteiger partial charge < -0.3 is 11.5 Å². The summed E-state index contributed by atoms with van der Waals surface area (Å²) in [6.45, 7) is 2.10. The number of hydrogen-bond acceptors (Lipinski definition) is 2. The summed E-state index contributed by atoms with van der Waals surface area (Å²) in [4.78, 5) is 0. The highest BCUT2D eigenvalue weighted by Crippen LogP contribution is 2.34. The molecule has 0 saturated carbocycles. The molecule has 0 heterocycles. The molecule has 0 amide bonds. The van der Waals surface area contributed by atoms with Crippen molar-refractivity contribution in [3.63, 3.8) is 0 Å². The fraction of sp³-hybridized carbons (Fsp3) is 0.0526. The second-order valence-electron chi connectivity index (χ2n) is 5.30. The van der Waals surface area contributed by atoms with Gasteiger partial charge in [0.15, 0.2) is 0 Å². The van der Waals surface area contributed by atoms with Crippen molar-refractivity contribution in [1.29, 1.82) is 0 Å². The van der Waals surface area contributed by atoms with Crippen LogP contribution in [0.4, 0.5) is 11.4 Å². The normalized spacial score (nSPS) is 10.5. The van der Waals surface area contributed by atoms with Gasteiger partial charge >= 0.3 is 0 Å². The van der Waals surface area contributed by atoms with E-state index in [0.717, 1.165) is 28.1 Å². The van der Waals surface area contributed by atoms with Crippen molar-refractivity contribution >= 4 is 11.4 Å². The lowest BCUT2D eigenvalue weighted by atomic mass is 9.93. The zero-order chi connectivity index (χ0) is 14.8. The van der Waals surface area contributed by atoms with E-state index in [1.54, 1.807) is 0 Å². The monoisotopic (exact) mass is 274 g/mol. The van der Waals surface area contributed by atoms with Crippen LogP contribution in [-0.4, -0.2) is 0 Å². The molecule has 0 saturated heterocycles. The molecule has 4 N–H and O–H groups in total. The predicted molar refractivity (Wildman–Crippen MR) is 90.9 cm³/mol. The fourth-order valence-corrected chi connectivity index (χ4v) is 2.53. The van der Waals surface area contributed by atoms with Crippen molar-refractivity contribution < 1.29 is 0 Å². The average Bonchev–Trinajstić information content (AvgIpc) is 2.48. The minimum absolute atomic E-state index is 0.769. The highest BCUT2D eigenvalue weighted by atomic mass is 14.5. The molecule has 21 heavy (non-hydrogen) atoms. The van der Waals surface area contributed by atoms with Crippen molar-refractivity contribution in [1.82, 2.24) is 0 Å². The standard InChI is InChI=1S/C19H18N2/c1-13-3-2-4-15(11-13)19-12-17(21)9-10-18(19)14-5-7-16(20)8-6-14/h2-12H,20-21H2,1H3. The maximum absolute atomic E-state index is 5.99. The maximum atomic E-state index is 5.99. The molecule has 0 unspecified atom stereocenters. The van der Waals surface area contributed by atoms with Gasteiger partial charge in [0.2, 0.25) is 0 Å². The smallest absolute Gasteiger partial charge is 0.0320 e. The minimum atomic E-state index is 0.769. The summed E-state index contributed by atoms with van der Waals surface area (Å²) in [5.41, 5.74) is 19.2. The van der Waals surface area contributed by atoms with E-state index >= 15 is 0 Å². The zero-order valence-corrected chi connectivity index (χ0v) is 12.0. The van der Waals surface area contributed by atoms with E-state index in [1.165, 1.54) is 11.1 Å². The number of benzene rings is 3. The molecule has 0 aliphatic rings. The van der Waals surface area contributed by atoms with Crippen molar-refractivity contribution in [3.05, 3.63) is 72.3 Å². The average molecular weight is 274 g/mol. The van der Waals surface area contributed by atoms with E-state index in [2.05, 4.69) is 37.3 Å². The number of nitrogens with two attached hydrogens (primary N) is 2. The Kier molecular flexibility index (Phi) is 3.36. The first-order valence-corrected chi connectivity index (χ1v) is 6.96. The third kappa shape index (κ3) is 2.75. The van der Waals surface area contributed by atoms with E-state index in [4.69, 9.17) is 11.5 Å². The van der Waals surface area contributed by atoms with E-state index in [0.29, 0.717) is 0 Å². The van der Waals surface area contributed by atoms with E-state index in [-0.39, 0.29) is 0 Å². The number of rotatable bonds is 2. The van der Waals surface area contributed by atoms with Crippen LogP contribution in [0.2, 0.25) is 0 Å². The fourth-order valence-electron chi connectivity index (χ4n) is 2.53. The molecule has 0 aliphatic heterocycles. The van der Waals surface area contributed by atoms with Gasteiger partial charge in [0.1, 0.15) is 0 Å². The van der Waals surface area contributed by atoms with Gasteiger partial charge in [-0.2, -0.15) is 0 Å². The Bertz CT molecular complexity index is 774. The maximum Gasteiger partial charge on any atom is 0.0320 e. The van der Waals surface area contributed by atoms with Crippen LogP contribution in [0, 0.1) is 6.92 Å². The van der Waals surface area contributed by atoms with Crippen molar-refractivity contribution in [3.8, 4) is 22.3 Å². The molecule has 0 aliphatic carbocycles. The Morgan fingerprint density at radius 3 is 2.05 bits per heavy atom. The van der Waals surface area contributed by atoms with Crippen LogP contribution in [-0.2, 0) is 0 Å². The second kappa shape index (κ2) is 5.33. The number of nitrogen functional groups attached to an aromatic ring is 2. The number of hydrogen-bond donors (Lipinski definition) is 2. The van der Waals surface area contributed by atoms with E-state index in [1.807, 2.05) is 36.4 Å². The Hall–Kier alpha value is -2.74. The lowest BCUT2D eigenvalue weighted by Crippen LogP contribution is -1.91. The van der Waals surface area contributed by atoms with E-state index in [9.17, 15) is 0 Å². The van der Waals surface area contributed by atoms with Gasteiger partial charge in [-0.05, 0) is 53.4 Å². The summed E-state index contributed by atoms with van der Waals surface area (Å²) in [5.74, 6) is 0. The minimum Gasteiger partial charge on any atom is -0.399 e. The van der Waals surface area contributed by atoms with Crippen LogP contribution in [0.3, 0.4) is 0 Å². The van der Waals surface area contributed by atoms with Crippen molar-refractivity contribution in [2.24, 2.45) is 0 Å². The Balaban J connectivity index is 2.20. The quantitative estimate of drug-likeness (QED) is 0.676. The van der Waals surface area contributed by atoms with Crippen LogP contribution in [0.5, 0.6) is 0 Å². The van der Waals surface area contributed by atoms with E-state index < -0.39 is 0 Å². The first kappa shape index (κ1) is 13.3. The predicted octanol–water partition coefficient (Wildman–Crippen LogP) is 4.49. The SMILES string of the molecule is Cc1cccc(-c2cc(N)ccc2-c2ccc(N)cc2)c1. The summed E-state index contributed by atoms with van der Waals surface area (Å²) >= 11 is 0. The van der Waals surface area contributed by atoms with Gasteiger partial charge in [-0.15, -0.1) is 0 Å². The Labute approximate surface area is 125 Å². The van der Waals surface area contributed by atoms with Gasteiger partial charge in [-0.1, -0.05) is 48.0 Å². The largest absolute Gasteiger partial charge is 0.399 e. The topological polar surface area (TPSA) is 52.0 Å². The summed E-state index contributed by atoms with van der Waals surface area (Å²) in [5, 5.41) is 0. The third-order valence-corrected chi connectivity index (χ3v) is 3.59. The van der Waals surface area contributed by atoms with Gasteiger partial charge in [-0.3, -0.25) is 0 Å². The summed E-state index contributed by atoms with van der Waals surface area (Å²) in [6.07, 6.45) is 0. The lowest BCUT2D eigenvalue weighted by molar-refractivity contribution is 1.46. The van der Waals surface area contributed by atoms with Crippen LogP contribution < -0.4 is 11.5 Å². The number of aryl methyl sites for hydroxylation is 1. The molecule has 0 atom stereocenters. The highest BCUT2D eigenvalue weighted by molar-refractivity contribution is 5.86. The Morgan fingerprint density at radius 1 is 0.619 bits per heavy atom. The molecular formula is C19H18N2. The van der Waals surface area contributed by atoms with Gasteiger partial charge in [0.25, 0.3) is 0 Å². The molecule has 0 fully saturated rings. The molecule has 0 radical (unpaired) electrons. The van der Waals surface area contributed by atoms with Gasteiger partial charge in [-0.25, -0.2) is 0 Å². The molecule has 0 aromatic heterocycles. The van der Waals surface area contributed by atoms with Gasteiger partial charge in [0.05, 0.1) is 0 Å². The molecule has 104 valence electrons. The highest BCUT2D eigenvalue weighted by Gasteiger charge is 2.08. The number of anilines is 2. The van der Waals surface area contributed by atoms with Crippen molar-refractivity contribution in [2.45, 2.75) is 6.92 Å². The summed E-state index contributed by atoms with van der Waals surface area (Å²) < 4.78 is 0. The zero-order valence-electron chi connectivity index (χ0n) is 12.0. The molecule has 3 rings (SSSR count). The Morgan fingerprint density at radius 2 is 1.33 bits per heavy atom. The summed E-state index contributed by atoms with van der Waals surface area (Å²) in [6, 6.07) is 22.4. The molecule has 2 nitrogen and oxygen atoms in total. The third-order valence-electron chi connectivity index (χ3n) is 3.59. The molecule has 3 aromatic carbocycles. The van der Waals surface area contributed by atoms with Crippen LogP contribution in [0.1, 0.15) is 5.56 Å². The molecule has 0 spiro atoms. The van der Waals surface area contributed by atoms with Crippen LogP contribution in [0.15, 0.2) is 66.7 Å². The first-order valence-electron chi connectivity index (χ1n) is 6.96. The molecule has 0 bridgehead atoms.